The highest BCUT2D eigenvalue weighted by Crippen LogP contribution is 2.19. The van der Waals surface area contributed by atoms with Gasteiger partial charge < -0.3 is 20.5 Å². The molecule has 0 bridgehead atoms. The molecule has 1 atom stereocenters. The minimum atomic E-state index is -0.0756. The fraction of sp³-hybridized carbons (Fsp3) is 0.526. The molecule has 1 fully saturated rings. The van der Waals surface area contributed by atoms with Crippen LogP contribution in [0.3, 0.4) is 0 Å². The first-order valence-electron chi connectivity index (χ1n) is 9.67. The van der Waals surface area contributed by atoms with Crippen molar-refractivity contribution in [1.82, 2.24) is 25.3 Å². The lowest BCUT2D eigenvalue weighted by atomic mass is 10.0. The van der Waals surface area contributed by atoms with E-state index in [9.17, 15) is 9.59 Å². The number of piperidine rings is 1. The van der Waals surface area contributed by atoms with Crippen LogP contribution in [0.5, 0.6) is 0 Å². The van der Waals surface area contributed by atoms with E-state index in [1.165, 1.54) is 0 Å². The minimum absolute atomic E-state index is 0.0229. The molecule has 3 heterocycles. The Kier molecular flexibility index (Phi) is 7.07. The normalized spacial score (nSPS) is 16.8. The highest BCUT2D eigenvalue weighted by Gasteiger charge is 2.27. The summed E-state index contributed by atoms with van der Waals surface area (Å²) in [5, 5.41) is 6.80. The smallest absolute Gasteiger partial charge is 0.227 e. The zero-order chi connectivity index (χ0) is 19.8. The summed E-state index contributed by atoms with van der Waals surface area (Å²) in [6.45, 7) is 1.50. The van der Waals surface area contributed by atoms with Gasteiger partial charge in [-0.05, 0) is 31.4 Å². The van der Waals surface area contributed by atoms with E-state index in [0.717, 1.165) is 19.3 Å². The maximum absolute atomic E-state index is 12.7. The summed E-state index contributed by atoms with van der Waals surface area (Å²) in [7, 11) is 0. The summed E-state index contributed by atoms with van der Waals surface area (Å²) in [4.78, 5) is 34.8. The number of aryl methyl sites for hydroxylation is 1. The number of nitrogens with one attached hydrogen (secondary N) is 1. The van der Waals surface area contributed by atoms with E-state index < -0.39 is 0 Å². The third-order valence-electron chi connectivity index (χ3n) is 4.77. The molecule has 9 heteroatoms. The number of amides is 2. The van der Waals surface area contributed by atoms with Crippen LogP contribution in [-0.2, 0) is 16.0 Å². The quantitative estimate of drug-likeness (QED) is 0.690. The molecule has 1 aliphatic rings. The van der Waals surface area contributed by atoms with Crippen LogP contribution in [0.1, 0.15) is 38.0 Å². The molecule has 0 aliphatic carbocycles. The summed E-state index contributed by atoms with van der Waals surface area (Å²) in [6.07, 6.45) is 5.55. The Hall–Kier alpha value is -2.81. The van der Waals surface area contributed by atoms with Gasteiger partial charge >= 0.3 is 0 Å². The molecule has 2 aromatic rings. The van der Waals surface area contributed by atoms with Crippen LogP contribution >= 0.6 is 0 Å². The van der Waals surface area contributed by atoms with Crippen molar-refractivity contribution in [3.05, 3.63) is 30.3 Å². The molecule has 1 saturated heterocycles. The first-order valence-corrected chi connectivity index (χ1v) is 9.67. The van der Waals surface area contributed by atoms with Gasteiger partial charge in [0.25, 0.3) is 0 Å². The second kappa shape index (κ2) is 9.93. The fourth-order valence-electron chi connectivity index (χ4n) is 3.31. The number of carbonyl (C=O) groups excluding carboxylic acids is 2. The lowest BCUT2D eigenvalue weighted by Crippen LogP contribution is -2.49. The molecule has 0 saturated carbocycles. The molecular weight excluding hydrogens is 360 g/mol. The maximum Gasteiger partial charge on any atom is 0.227 e. The highest BCUT2D eigenvalue weighted by atomic mass is 16.5. The lowest BCUT2D eigenvalue weighted by Gasteiger charge is -2.36. The molecule has 2 amide bonds. The topological polar surface area (TPSA) is 127 Å². The number of pyridine rings is 1. The zero-order valence-electron chi connectivity index (χ0n) is 15.8. The van der Waals surface area contributed by atoms with Gasteiger partial charge in [-0.2, -0.15) is 4.98 Å². The Labute approximate surface area is 163 Å². The van der Waals surface area contributed by atoms with Gasteiger partial charge in [0.1, 0.15) is 5.69 Å². The molecule has 0 radical (unpaired) electrons. The van der Waals surface area contributed by atoms with E-state index in [1.807, 2.05) is 17.0 Å². The second-order valence-corrected chi connectivity index (χ2v) is 6.81. The van der Waals surface area contributed by atoms with Crippen LogP contribution in [-0.4, -0.2) is 57.5 Å². The van der Waals surface area contributed by atoms with Gasteiger partial charge in [0.05, 0.1) is 0 Å². The Morgan fingerprint density at radius 3 is 2.96 bits per heavy atom. The molecule has 150 valence electrons. The van der Waals surface area contributed by atoms with Crippen LogP contribution in [0, 0.1) is 0 Å². The standard InChI is InChI=1S/C19H26N6O3/c20-10-9-16(26)22-13-14-5-2-4-12-25(14)18(27)8-7-17-23-19(24-28-17)15-6-1-3-11-21-15/h1,3,6,11,14H,2,4-5,7-10,12-13,20H2,(H,22,26). The third-order valence-corrected chi connectivity index (χ3v) is 4.77. The minimum Gasteiger partial charge on any atom is -0.354 e. The summed E-state index contributed by atoms with van der Waals surface area (Å²) in [5.74, 6) is 0.795. The lowest BCUT2D eigenvalue weighted by molar-refractivity contribution is -0.135. The van der Waals surface area contributed by atoms with Crippen LogP contribution in [0.15, 0.2) is 28.9 Å². The molecule has 0 aromatic carbocycles. The van der Waals surface area contributed by atoms with E-state index in [1.54, 1.807) is 12.3 Å². The van der Waals surface area contributed by atoms with E-state index in [2.05, 4.69) is 20.4 Å². The Morgan fingerprint density at radius 2 is 2.18 bits per heavy atom. The average Bonchev–Trinajstić information content (AvgIpc) is 3.21. The highest BCUT2D eigenvalue weighted by molar-refractivity contribution is 5.78. The first-order chi connectivity index (χ1) is 13.7. The van der Waals surface area contributed by atoms with Crippen molar-refractivity contribution in [3.63, 3.8) is 0 Å². The fourth-order valence-corrected chi connectivity index (χ4v) is 3.31. The number of rotatable bonds is 8. The van der Waals surface area contributed by atoms with Crippen molar-refractivity contribution in [2.24, 2.45) is 5.73 Å². The van der Waals surface area contributed by atoms with Crippen molar-refractivity contribution in [1.29, 1.82) is 0 Å². The molecule has 3 N–H and O–H groups in total. The van der Waals surface area contributed by atoms with Crippen molar-refractivity contribution in [3.8, 4) is 11.5 Å². The van der Waals surface area contributed by atoms with Crippen molar-refractivity contribution < 1.29 is 14.1 Å². The number of aromatic nitrogens is 3. The van der Waals surface area contributed by atoms with E-state index in [-0.39, 0.29) is 24.3 Å². The summed E-state index contributed by atoms with van der Waals surface area (Å²) in [6, 6.07) is 5.49. The van der Waals surface area contributed by atoms with Crippen molar-refractivity contribution in [2.75, 3.05) is 19.6 Å². The molecule has 1 aliphatic heterocycles. The van der Waals surface area contributed by atoms with E-state index in [0.29, 0.717) is 49.9 Å². The van der Waals surface area contributed by atoms with Gasteiger partial charge in [-0.1, -0.05) is 11.2 Å². The molecular formula is C19H26N6O3. The SMILES string of the molecule is NCCC(=O)NCC1CCCCN1C(=O)CCc1nc(-c2ccccn2)no1. The monoisotopic (exact) mass is 386 g/mol. The van der Waals surface area contributed by atoms with Crippen LogP contribution < -0.4 is 11.1 Å². The Balaban J connectivity index is 1.53. The zero-order valence-corrected chi connectivity index (χ0v) is 15.8. The third kappa shape index (κ3) is 5.35. The second-order valence-electron chi connectivity index (χ2n) is 6.81. The van der Waals surface area contributed by atoms with Gasteiger partial charge in [0, 0.05) is 51.1 Å². The molecule has 9 nitrogen and oxygen atoms in total. The molecule has 0 spiro atoms. The van der Waals surface area contributed by atoms with E-state index >= 15 is 0 Å². The summed E-state index contributed by atoms with van der Waals surface area (Å²) < 4.78 is 5.25. The first kappa shape index (κ1) is 19.9. The summed E-state index contributed by atoms with van der Waals surface area (Å²) in [5.41, 5.74) is 6.03. The number of hydrogen-bond donors (Lipinski definition) is 2. The number of nitrogens with two attached hydrogens (primary N) is 1. The van der Waals surface area contributed by atoms with Gasteiger partial charge in [-0.25, -0.2) is 0 Å². The number of nitrogens with zero attached hydrogens (tertiary/aromatic N) is 4. The number of likely N-dealkylation sites (tertiary alicyclic amines) is 1. The number of carbonyl (C=O) groups is 2. The summed E-state index contributed by atoms with van der Waals surface area (Å²) >= 11 is 0. The number of hydrogen-bond acceptors (Lipinski definition) is 7. The Morgan fingerprint density at radius 1 is 1.29 bits per heavy atom. The Bertz CT molecular complexity index is 779. The largest absolute Gasteiger partial charge is 0.354 e. The molecule has 2 aromatic heterocycles. The van der Waals surface area contributed by atoms with Crippen LogP contribution in [0.2, 0.25) is 0 Å². The van der Waals surface area contributed by atoms with E-state index in [4.69, 9.17) is 10.3 Å². The van der Waals surface area contributed by atoms with Crippen LogP contribution in [0.25, 0.3) is 11.5 Å². The predicted octanol–water partition coefficient (Wildman–Crippen LogP) is 0.910. The van der Waals surface area contributed by atoms with Gasteiger partial charge in [0.15, 0.2) is 0 Å². The molecule has 1 unspecified atom stereocenters. The van der Waals surface area contributed by atoms with Crippen LogP contribution in [0.4, 0.5) is 0 Å². The predicted molar refractivity (Wildman–Crippen MR) is 102 cm³/mol. The van der Waals surface area contributed by atoms with Crippen molar-refractivity contribution >= 4 is 11.8 Å². The molecule has 3 rings (SSSR count). The maximum atomic E-state index is 12.7. The average molecular weight is 386 g/mol. The molecule has 28 heavy (non-hydrogen) atoms. The van der Waals surface area contributed by atoms with Gasteiger partial charge in [-0.3, -0.25) is 14.6 Å². The van der Waals surface area contributed by atoms with Gasteiger partial charge in [0.2, 0.25) is 23.5 Å². The van der Waals surface area contributed by atoms with Gasteiger partial charge in [-0.15, -0.1) is 0 Å². The van der Waals surface area contributed by atoms with Crippen molar-refractivity contribution in [2.45, 2.75) is 44.6 Å².